The minimum atomic E-state index is -3.73. The summed E-state index contributed by atoms with van der Waals surface area (Å²) >= 11 is 0. The van der Waals surface area contributed by atoms with Crippen molar-refractivity contribution >= 4 is 21.6 Å². The predicted molar refractivity (Wildman–Crippen MR) is 97.2 cm³/mol. The van der Waals surface area contributed by atoms with Gasteiger partial charge in [-0.3, -0.25) is 9.52 Å². The number of aliphatic hydroxyl groups excluding tert-OH is 1. The van der Waals surface area contributed by atoms with Gasteiger partial charge in [-0.1, -0.05) is 12.1 Å². The smallest absolute Gasteiger partial charge is 0.261 e. The Hall–Kier alpha value is -2.38. The first-order chi connectivity index (χ1) is 11.8. The van der Waals surface area contributed by atoms with Crippen LogP contribution >= 0.6 is 0 Å². The van der Waals surface area contributed by atoms with Gasteiger partial charge < -0.3 is 10.4 Å². The van der Waals surface area contributed by atoms with E-state index >= 15 is 0 Å². The van der Waals surface area contributed by atoms with E-state index in [1.165, 1.54) is 24.3 Å². The number of aliphatic hydroxyl groups is 1. The molecule has 0 saturated heterocycles. The average Bonchev–Trinajstić information content (AvgIpc) is 2.59. The van der Waals surface area contributed by atoms with Crippen molar-refractivity contribution in [3.8, 4) is 0 Å². The zero-order chi connectivity index (χ0) is 18.4. The SMILES string of the molecule is Cc1cccc(NS(=O)(=O)c2ccc(C(=O)NCCCO)cc2)c1C. The Morgan fingerprint density at radius 1 is 1.08 bits per heavy atom. The normalized spacial score (nSPS) is 11.2. The molecule has 0 atom stereocenters. The molecule has 2 aromatic rings. The third-order valence-corrected chi connectivity index (χ3v) is 5.28. The molecule has 0 spiro atoms. The van der Waals surface area contributed by atoms with Gasteiger partial charge in [-0.2, -0.15) is 0 Å². The number of hydrogen-bond donors (Lipinski definition) is 3. The van der Waals surface area contributed by atoms with Crippen molar-refractivity contribution in [1.29, 1.82) is 0 Å². The fraction of sp³-hybridized carbons (Fsp3) is 0.278. The van der Waals surface area contributed by atoms with Crippen LogP contribution in [0.2, 0.25) is 0 Å². The Morgan fingerprint density at radius 2 is 1.76 bits per heavy atom. The van der Waals surface area contributed by atoms with Crippen LogP contribution in [0.1, 0.15) is 27.9 Å². The molecule has 7 heteroatoms. The van der Waals surface area contributed by atoms with Crippen molar-refractivity contribution in [2.75, 3.05) is 17.9 Å². The Labute approximate surface area is 147 Å². The van der Waals surface area contributed by atoms with Crippen molar-refractivity contribution in [1.82, 2.24) is 5.32 Å². The fourth-order valence-electron chi connectivity index (χ4n) is 2.23. The van der Waals surface area contributed by atoms with Gasteiger partial charge in [-0.25, -0.2) is 8.42 Å². The molecule has 2 rings (SSSR count). The van der Waals surface area contributed by atoms with Crippen LogP contribution in [-0.4, -0.2) is 32.6 Å². The van der Waals surface area contributed by atoms with E-state index in [-0.39, 0.29) is 17.4 Å². The lowest BCUT2D eigenvalue weighted by Crippen LogP contribution is -2.25. The van der Waals surface area contributed by atoms with Crippen LogP contribution in [0.25, 0.3) is 0 Å². The number of benzene rings is 2. The van der Waals surface area contributed by atoms with Gasteiger partial charge in [0.1, 0.15) is 0 Å². The summed E-state index contributed by atoms with van der Waals surface area (Å²) in [5.74, 6) is -0.306. The lowest BCUT2D eigenvalue weighted by molar-refractivity contribution is 0.0951. The van der Waals surface area contributed by atoms with E-state index in [0.29, 0.717) is 24.2 Å². The zero-order valence-electron chi connectivity index (χ0n) is 14.2. The minimum absolute atomic E-state index is 0.00150. The lowest BCUT2D eigenvalue weighted by Gasteiger charge is -2.12. The first kappa shape index (κ1) is 19.0. The molecule has 0 unspecified atom stereocenters. The van der Waals surface area contributed by atoms with Crippen molar-refractivity contribution in [3.63, 3.8) is 0 Å². The predicted octanol–water partition coefficient (Wildman–Crippen LogP) is 2.22. The van der Waals surface area contributed by atoms with Crippen molar-refractivity contribution in [2.45, 2.75) is 25.2 Å². The molecule has 3 N–H and O–H groups in total. The molecule has 0 saturated carbocycles. The Bertz CT molecular complexity index is 846. The first-order valence-electron chi connectivity index (χ1n) is 7.93. The van der Waals surface area contributed by atoms with Crippen LogP contribution < -0.4 is 10.0 Å². The number of amides is 1. The van der Waals surface area contributed by atoms with Crippen LogP contribution in [0.4, 0.5) is 5.69 Å². The van der Waals surface area contributed by atoms with E-state index in [2.05, 4.69) is 10.0 Å². The molecule has 0 bridgehead atoms. The summed E-state index contributed by atoms with van der Waals surface area (Å²) in [6.07, 6.45) is 0.470. The topological polar surface area (TPSA) is 95.5 Å². The molecule has 0 aliphatic heterocycles. The maximum absolute atomic E-state index is 12.5. The summed E-state index contributed by atoms with van der Waals surface area (Å²) in [4.78, 5) is 12.0. The summed E-state index contributed by atoms with van der Waals surface area (Å²) in [5, 5.41) is 11.4. The quantitative estimate of drug-likeness (QED) is 0.658. The molecule has 2 aromatic carbocycles. The minimum Gasteiger partial charge on any atom is -0.396 e. The van der Waals surface area contributed by atoms with Crippen LogP contribution in [0.15, 0.2) is 47.4 Å². The molecule has 0 heterocycles. The number of rotatable bonds is 7. The molecule has 25 heavy (non-hydrogen) atoms. The molecule has 134 valence electrons. The van der Waals surface area contributed by atoms with Crippen LogP contribution in [0, 0.1) is 13.8 Å². The number of sulfonamides is 1. The molecule has 0 radical (unpaired) electrons. The summed E-state index contributed by atoms with van der Waals surface area (Å²) < 4.78 is 27.6. The first-order valence-corrected chi connectivity index (χ1v) is 9.41. The Morgan fingerprint density at radius 3 is 2.40 bits per heavy atom. The highest BCUT2D eigenvalue weighted by molar-refractivity contribution is 7.92. The third-order valence-electron chi connectivity index (χ3n) is 3.90. The standard InChI is InChI=1S/C18H22N2O4S/c1-13-5-3-6-17(14(13)2)20-25(23,24)16-9-7-15(8-10-16)18(22)19-11-4-12-21/h3,5-10,20-21H,4,11-12H2,1-2H3,(H,19,22). The van der Waals surface area contributed by atoms with Crippen LogP contribution in [-0.2, 0) is 10.0 Å². The van der Waals surface area contributed by atoms with E-state index in [1.54, 1.807) is 12.1 Å². The molecule has 0 aliphatic carbocycles. The monoisotopic (exact) mass is 362 g/mol. The summed E-state index contributed by atoms with van der Waals surface area (Å²) in [6.45, 7) is 4.13. The Kier molecular flexibility index (Phi) is 6.17. The number of nitrogens with one attached hydrogen (secondary N) is 2. The molecular weight excluding hydrogens is 340 g/mol. The molecule has 0 aliphatic rings. The second kappa shape index (κ2) is 8.13. The number of carbonyl (C=O) groups excluding carboxylic acids is 1. The van der Waals surface area contributed by atoms with E-state index in [9.17, 15) is 13.2 Å². The van der Waals surface area contributed by atoms with Gasteiger partial charge in [0, 0.05) is 18.7 Å². The van der Waals surface area contributed by atoms with Gasteiger partial charge in [-0.05, 0) is 61.7 Å². The maximum Gasteiger partial charge on any atom is 0.261 e. The maximum atomic E-state index is 12.5. The highest BCUT2D eigenvalue weighted by atomic mass is 32.2. The Balaban J connectivity index is 2.15. The molecule has 0 fully saturated rings. The average molecular weight is 362 g/mol. The van der Waals surface area contributed by atoms with Gasteiger partial charge in [0.25, 0.3) is 15.9 Å². The van der Waals surface area contributed by atoms with Crippen molar-refractivity contribution in [3.05, 3.63) is 59.2 Å². The summed E-state index contributed by atoms with van der Waals surface area (Å²) in [6, 6.07) is 11.1. The van der Waals surface area contributed by atoms with Gasteiger partial charge in [0.05, 0.1) is 10.6 Å². The van der Waals surface area contributed by atoms with E-state index in [4.69, 9.17) is 5.11 Å². The molecular formula is C18H22N2O4S. The summed E-state index contributed by atoms with van der Waals surface area (Å²) in [5.41, 5.74) is 2.76. The summed E-state index contributed by atoms with van der Waals surface area (Å²) in [7, 11) is -3.73. The zero-order valence-corrected chi connectivity index (χ0v) is 15.1. The van der Waals surface area contributed by atoms with Crippen molar-refractivity contribution in [2.24, 2.45) is 0 Å². The number of carbonyl (C=O) groups is 1. The second-order valence-corrected chi connectivity index (χ2v) is 7.39. The van der Waals surface area contributed by atoms with E-state index in [1.807, 2.05) is 19.9 Å². The van der Waals surface area contributed by atoms with E-state index < -0.39 is 10.0 Å². The second-order valence-electron chi connectivity index (χ2n) is 5.71. The molecule has 1 amide bonds. The molecule has 6 nitrogen and oxygen atoms in total. The highest BCUT2D eigenvalue weighted by Crippen LogP contribution is 2.22. The largest absolute Gasteiger partial charge is 0.396 e. The van der Waals surface area contributed by atoms with Gasteiger partial charge in [0.15, 0.2) is 0 Å². The number of anilines is 1. The third kappa shape index (κ3) is 4.80. The van der Waals surface area contributed by atoms with Gasteiger partial charge >= 0.3 is 0 Å². The van der Waals surface area contributed by atoms with Crippen LogP contribution in [0.3, 0.4) is 0 Å². The van der Waals surface area contributed by atoms with Crippen molar-refractivity contribution < 1.29 is 18.3 Å². The fourth-order valence-corrected chi connectivity index (χ4v) is 3.36. The highest BCUT2D eigenvalue weighted by Gasteiger charge is 2.16. The van der Waals surface area contributed by atoms with E-state index in [0.717, 1.165) is 11.1 Å². The molecule has 0 aromatic heterocycles. The van der Waals surface area contributed by atoms with Gasteiger partial charge in [0.2, 0.25) is 0 Å². The van der Waals surface area contributed by atoms with Gasteiger partial charge in [-0.15, -0.1) is 0 Å². The lowest BCUT2D eigenvalue weighted by atomic mass is 10.1. The number of hydrogen-bond acceptors (Lipinski definition) is 4. The number of aryl methyl sites for hydroxylation is 1. The van der Waals surface area contributed by atoms with Crippen LogP contribution in [0.5, 0.6) is 0 Å².